The van der Waals surface area contributed by atoms with Crippen molar-refractivity contribution in [1.29, 1.82) is 5.53 Å². The molecule has 0 saturated heterocycles. The standard InChI is InChI=1S/C8H10N6O2.C4H5N5O.C4H7NO/c1-4(2)14-8(16)13-3-10-5(6(9)15)7(13)11-12-14;5-3(10)2-4(9-6)8-1-7-2;1-4(2)5-3-6/h3-4H,1-2H3,(H2,9,15);1,6H,(H2,5,10)(H,7,8);4H,1-2H3. The van der Waals surface area contributed by atoms with Crippen molar-refractivity contribution in [2.24, 2.45) is 21.6 Å². The lowest BCUT2D eigenvalue weighted by Crippen LogP contribution is -2.31. The average molecular weight is 446 g/mol. The van der Waals surface area contributed by atoms with Crippen molar-refractivity contribution in [3.05, 3.63) is 34.5 Å². The zero-order valence-electron chi connectivity index (χ0n) is 17.7. The summed E-state index contributed by atoms with van der Waals surface area (Å²) >= 11 is 0. The third kappa shape index (κ3) is 6.46. The second kappa shape index (κ2) is 11.6. The smallest absolute Gasteiger partial charge is 0.353 e. The number of fused-ring (bicyclic) bond motifs is 1. The Morgan fingerprint density at radius 1 is 1.19 bits per heavy atom. The molecule has 0 aliphatic heterocycles. The summed E-state index contributed by atoms with van der Waals surface area (Å²) in [5, 5.41) is 10.4. The summed E-state index contributed by atoms with van der Waals surface area (Å²) in [6, 6.07) is -0.0219. The van der Waals surface area contributed by atoms with Gasteiger partial charge >= 0.3 is 5.69 Å². The average Bonchev–Trinajstić information content (AvgIpc) is 3.36. The zero-order chi connectivity index (χ0) is 24.4. The van der Waals surface area contributed by atoms with Gasteiger partial charge in [-0.1, -0.05) is 5.21 Å². The number of nitrogens with zero attached hydrogens (tertiary/aromatic N) is 8. The van der Waals surface area contributed by atoms with Crippen molar-refractivity contribution in [3.8, 4) is 0 Å². The van der Waals surface area contributed by atoms with Crippen LogP contribution in [0.15, 0.2) is 27.6 Å². The number of isocyanates is 1. The first-order valence-electron chi connectivity index (χ1n) is 8.95. The van der Waals surface area contributed by atoms with E-state index in [4.69, 9.17) is 17.0 Å². The SMILES string of the molecule is CC(C)N=C=O.CC(C)n1nnc2c(C(N)=O)ncn2c1=O.N=Nc1nc[nH]c1C(N)=O. The Morgan fingerprint density at radius 2 is 1.84 bits per heavy atom. The zero-order valence-corrected chi connectivity index (χ0v) is 17.7. The summed E-state index contributed by atoms with van der Waals surface area (Å²) in [4.78, 5) is 55.6. The van der Waals surface area contributed by atoms with Crippen LogP contribution in [0.5, 0.6) is 0 Å². The Hall–Kier alpha value is -4.59. The van der Waals surface area contributed by atoms with E-state index in [0.29, 0.717) is 0 Å². The summed E-state index contributed by atoms with van der Waals surface area (Å²) in [6.45, 7) is 7.25. The molecular formula is C16H22N12O4. The van der Waals surface area contributed by atoms with Gasteiger partial charge in [0, 0.05) is 0 Å². The van der Waals surface area contributed by atoms with Crippen LogP contribution in [0.1, 0.15) is 54.7 Å². The number of aliphatic imine (C=N–C) groups is 1. The lowest BCUT2D eigenvalue weighted by Gasteiger charge is -2.05. The number of rotatable bonds is 5. The first-order chi connectivity index (χ1) is 15.0. The van der Waals surface area contributed by atoms with Gasteiger partial charge in [0.2, 0.25) is 11.9 Å². The van der Waals surface area contributed by atoms with Gasteiger partial charge < -0.3 is 16.5 Å². The van der Waals surface area contributed by atoms with Gasteiger partial charge in [-0.05, 0) is 27.7 Å². The molecule has 170 valence electrons. The summed E-state index contributed by atoms with van der Waals surface area (Å²) in [5.74, 6) is -1.38. The molecule has 16 heteroatoms. The van der Waals surface area contributed by atoms with E-state index >= 15 is 0 Å². The number of carbonyl (C=O) groups excluding carboxylic acids is 3. The number of nitrogens with one attached hydrogen (secondary N) is 2. The molecule has 0 unspecified atom stereocenters. The van der Waals surface area contributed by atoms with E-state index in [1.807, 2.05) is 13.8 Å². The molecule has 0 bridgehead atoms. The van der Waals surface area contributed by atoms with Crippen molar-refractivity contribution in [2.75, 3.05) is 0 Å². The molecule has 0 saturated carbocycles. The van der Waals surface area contributed by atoms with Crippen LogP contribution in [-0.2, 0) is 4.79 Å². The maximum Gasteiger partial charge on any atom is 0.353 e. The molecule has 0 spiro atoms. The van der Waals surface area contributed by atoms with E-state index in [0.717, 1.165) is 4.40 Å². The van der Waals surface area contributed by atoms with Crippen LogP contribution < -0.4 is 17.2 Å². The molecule has 0 aromatic carbocycles. The van der Waals surface area contributed by atoms with Crippen LogP contribution in [-0.4, -0.2) is 58.3 Å². The number of H-pyrrole nitrogens is 1. The number of aromatic amines is 1. The Kier molecular flexibility index (Phi) is 9.19. The fraction of sp³-hybridized carbons (Fsp3) is 0.375. The van der Waals surface area contributed by atoms with Gasteiger partial charge in [0.25, 0.3) is 11.8 Å². The predicted molar refractivity (Wildman–Crippen MR) is 109 cm³/mol. The second-order valence-electron chi connectivity index (χ2n) is 6.45. The minimum absolute atomic E-state index is 0.0208. The molecule has 3 aromatic rings. The number of hydrogen-bond donors (Lipinski definition) is 4. The van der Waals surface area contributed by atoms with Crippen LogP contribution in [0.4, 0.5) is 5.82 Å². The summed E-state index contributed by atoms with van der Waals surface area (Å²) in [6.07, 6.45) is 3.91. The number of aromatic nitrogens is 7. The lowest BCUT2D eigenvalue weighted by atomic mass is 10.4. The molecule has 0 atom stereocenters. The molecule has 3 aromatic heterocycles. The predicted octanol–water partition coefficient (Wildman–Crippen LogP) is -0.133. The van der Waals surface area contributed by atoms with Crippen LogP contribution in [0.2, 0.25) is 0 Å². The third-order valence-corrected chi connectivity index (χ3v) is 3.39. The molecular weight excluding hydrogens is 424 g/mol. The van der Waals surface area contributed by atoms with Gasteiger partial charge in [0.15, 0.2) is 17.0 Å². The quantitative estimate of drug-likeness (QED) is 0.233. The number of nitrogens with two attached hydrogens (primary N) is 2. The van der Waals surface area contributed by atoms with Crippen molar-refractivity contribution in [1.82, 2.24) is 34.3 Å². The number of primary amides is 2. The fourth-order valence-corrected chi connectivity index (χ4v) is 1.97. The van der Waals surface area contributed by atoms with Gasteiger partial charge in [-0.2, -0.15) is 4.68 Å². The highest BCUT2D eigenvalue weighted by molar-refractivity contribution is 5.96. The van der Waals surface area contributed by atoms with E-state index in [9.17, 15) is 19.2 Å². The van der Waals surface area contributed by atoms with E-state index in [1.54, 1.807) is 13.8 Å². The Labute approximate surface area is 180 Å². The number of hydrogen-bond acceptors (Lipinski definition) is 11. The maximum absolute atomic E-state index is 11.8. The van der Waals surface area contributed by atoms with Crippen LogP contribution in [0.3, 0.4) is 0 Å². The van der Waals surface area contributed by atoms with Gasteiger partial charge in [-0.15, -0.1) is 10.2 Å². The van der Waals surface area contributed by atoms with Crippen LogP contribution in [0.25, 0.3) is 5.65 Å². The molecule has 32 heavy (non-hydrogen) atoms. The van der Waals surface area contributed by atoms with Crippen molar-refractivity contribution < 1.29 is 14.4 Å². The minimum Gasteiger partial charge on any atom is -0.364 e. The van der Waals surface area contributed by atoms with E-state index in [-0.39, 0.29) is 34.9 Å². The van der Waals surface area contributed by atoms with Gasteiger partial charge in [0.1, 0.15) is 6.33 Å². The number of imidazole rings is 2. The summed E-state index contributed by atoms with van der Waals surface area (Å²) < 4.78 is 2.34. The second-order valence-corrected chi connectivity index (χ2v) is 6.45. The van der Waals surface area contributed by atoms with E-state index in [2.05, 4.69) is 35.4 Å². The molecule has 3 rings (SSSR count). The molecule has 6 N–H and O–H groups in total. The highest BCUT2D eigenvalue weighted by Crippen LogP contribution is 2.10. The minimum atomic E-state index is -0.738. The van der Waals surface area contributed by atoms with Gasteiger partial charge in [0.05, 0.1) is 18.4 Å². The van der Waals surface area contributed by atoms with Crippen LogP contribution >= 0.6 is 0 Å². The van der Waals surface area contributed by atoms with Crippen molar-refractivity contribution in [3.63, 3.8) is 0 Å². The van der Waals surface area contributed by atoms with E-state index in [1.165, 1.54) is 23.4 Å². The Morgan fingerprint density at radius 3 is 2.25 bits per heavy atom. The lowest BCUT2D eigenvalue weighted by molar-refractivity contribution is 0.0988. The van der Waals surface area contributed by atoms with Gasteiger partial charge in [-0.25, -0.2) is 34.5 Å². The molecule has 0 aliphatic rings. The third-order valence-electron chi connectivity index (χ3n) is 3.39. The van der Waals surface area contributed by atoms with Gasteiger partial charge in [-0.3, -0.25) is 9.59 Å². The Balaban J connectivity index is 0.000000273. The van der Waals surface area contributed by atoms with Crippen molar-refractivity contribution >= 4 is 29.4 Å². The highest BCUT2D eigenvalue weighted by atomic mass is 16.2. The monoisotopic (exact) mass is 446 g/mol. The molecule has 0 aliphatic carbocycles. The topological polar surface area (TPSA) is 246 Å². The molecule has 2 amide bonds. The fourth-order valence-electron chi connectivity index (χ4n) is 1.97. The molecule has 3 heterocycles. The highest BCUT2D eigenvalue weighted by Gasteiger charge is 2.15. The van der Waals surface area contributed by atoms with E-state index < -0.39 is 17.5 Å². The number of amides is 2. The summed E-state index contributed by atoms with van der Waals surface area (Å²) in [7, 11) is 0. The Bertz CT molecular complexity index is 1200. The normalized spacial score (nSPS) is 9.94. The first kappa shape index (κ1) is 25.4. The molecule has 16 nitrogen and oxygen atoms in total. The maximum atomic E-state index is 11.8. The largest absolute Gasteiger partial charge is 0.364 e. The van der Waals surface area contributed by atoms with Crippen LogP contribution in [0, 0.1) is 5.53 Å². The summed E-state index contributed by atoms with van der Waals surface area (Å²) in [5.41, 5.74) is 16.2. The molecule has 0 fully saturated rings. The number of carbonyl (C=O) groups is 2. The van der Waals surface area contributed by atoms with Crippen molar-refractivity contribution in [2.45, 2.75) is 39.8 Å². The first-order valence-corrected chi connectivity index (χ1v) is 8.95. The molecule has 0 radical (unpaired) electrons.